The monoisotopic (exact) mass is 442 g/mol. The van der Waals surface area contributed by atoms with E-state index in [0.29, 0.717) is 0 Å². The minimum atomic E-state index is -3.04. The number of hydrogen-bond donors (Lipinski definition) is 0. The highest BCUT2D eigenvalue weighted by molar-refractivity contribution is 6.75. The molecule has 164 valence electrons. The van der Waals surface area contributed by atoms with E-state index in [1.165, 1.54) is 5.19 Å². The predicted molar refractivity (Wildman–Crippen MR) is 134 cm³/mol. The van der Waals surface area contributed by atoms with Crippen LogP contribution in [-0.4, -0.2) is 35.9 Å². The highest BCUT2D eigenvalue weighted by Crippen LogP contribution is 2.23. The van der Waals surface area contributed by atoms with Crippen molar-refractivity contribution >= 4 is 33.5 Å². The van der Waals surface area contributed by atoms with Crippen molar-refractivity contribution in [1.29, 1.82) is 0 Å². The van der Waals surface area contributed by atoms with Crippen molar-refractivity contribution in [2.45, 2.75) is 72.9 Å². The van der Waals surface area contributed by atoms with Gasteiger partial charge < -0.3 is 13.3 Å². The first-order valence-corrected chi connectivity index (χ1v) is 15.6. The SMILES string of the molecule is C=C(c1ccc([SiH](C)C)cc1)c1ccc([Si](OC(C)C)(OC(C)C)OC(C)C)cc1. The van der Waals surface area contributed by atoms with Crippen LogP contribution in [0.4, 0.5) is 0 Å². The summed E-state index contributed by atoms with van der Waals surface area (Å²) in [5.74, 6) is 0. The Morgan fingerprint density at radius 3 is 1.40 bits per heavy atom. The number of benzene rings is 2. The first kappa shape index (κ1) is 24.8. The molecule has 0 saturated heterocycles. The van der Waals surface area contributed by atoms with Crippen molar-refractivity contribution in [2.24, 2.45) is 0 Å². The quantitative estimate of drug-likeness (QED) is 0.492. The molecule has 0 spiro atoms. The smallest absolute Gasteiger partial charge is 0.367 e. The van der Waals surface area contributed by atoms with Gasteiger partial charge in [0, 0.05) is 23.5 Å². The molecular weight excluding hydrogens is 404 g/mol. The van der Waals surface area contributed by atoms with Gasteiger partial charge in [0.05, 0.1) is 8.80 Å². The largest absolute Gasteiger partial charge is 0.537 e. The van der Waals surface area contributed by atoms with Gasteiger partial charge in [0.1, 0.15) is 0 Å². The van der Waals surface area contributed by atoms with Crippen LogP contribution in [0.3, 0.4) is 0 Å². The van der Waals surface area contributed by atoms with Gasteiger partial charge in [-0.05, 0) is 58.2 Å². The Morgan fingerprint density at radius 2 is 1.07 bits per heavy atom. The third kappa shape index (κ3) is 6.49. The summed E-state index contributed by atoms with van der Waals surface area (Å²) in [5, 5.41) is 2.46. The van der Waals surface area contributed by atoms with E-state index >= 15 is 0 Å². The molecular formula is C25H38O3Si2. The second kappa shape index (κ2) is 10.7. The van der Waals surface area contributed by atoms with E-state index in [2.05, 4.69) is 68.2 Å². The zero-order valence-electron chi connectivity index (χ0n) is 19.9. The van der Waals surface area contributed by atoms with E-state index < -0.39 is 17.6 Å². The van der Waals surface area contributed by atoms with E-state index in [0.717, 1.165) is 21.9 Å². The molecule has 0 aliphatic carbocycles. The summed E-state index contributed by atoms with van der Waals surface area (Å²) in [5.41, 5.74) is 3.26. The van der Waals surface area contributed by atoms with E-state index in [1.54, 1.807) is 0 Å². The van der Waals surface area contributed by atoms with Gasteiger partial charge in [0.25, 0.3) is 0 Å². The molecule has 0 unspecified atom stereocenters. The molecule has 0 aromatic heterocycles. The highest BCUT2D eigenvalue weighted by Gasteiger charge is 2.46. The molecule has 0 aliphatic heterocycles. The van der Waals surface area contributed by atoms with Crippen molar-refractivity contribution in [3.8, 4) is 0 Å². The molecule has 0 fully saturated rings. The molecule has 0 radical (unpaired) electrons. The van der Waals surface area contributed by atoms with Crippen LogP contribution in [-0.2, 0) is 13.3 Å². The lowest BCUT2D eigenvalue weighted by Gasteiger charge is -2.34. The maximum atomic E-state index is 6.34. The van der Waals surface area contributed by atoms with Crippen molar-refractivity contribution in [3.05, 3.63) is 66.2 Å². The Bertz CT molecular complexity index is 783. The summed E-state index contributed by atoms with van der Waals surface area (Å²) in [6.07, 6.45) is 0.0190. The number of rotatable bonds is 10. The van der Waals surface area contributed by atoms with Crippen LogP contribution in [0.1, 0.15) is 52.7 Å². The zero-order chi connectivity index (χ0) is 22.5. The summed E-state index contributed by atoms with van der Waals surface area (Å²) in [6.45, 7) is 21.2. The molecule has 0 atom stereocenters. The summed E-state index contributed by atoms with van der Waals surface area (Å²) in [7, 11) is -3.83. The zero-order valence-corrected chi connectivity index (χ0v) is 22.0. The normalized spacial score (nSPS) is 12.4. The Kier molecular flexibility index (Phi) is 8.82. The first-order valence-electron chi connectivity index (χ1n) is 11.0. The fourth-order valence-electron chi connectivity index (χ4n) is 3.33. The Labute approximate surface area is 186 Å². The fourth-order valence-corrected chi connectivity index (χ4v) is 7.30. The Morgan fingerprint density at radius 1 is 0.700 bits per heavy atom. The van der Waals surface area contributed by atoms with E-state index in [-0.39, 0.29) is 18.3 Å². The van der Waals surface area contributed by atoms with Crippen LogP contribution in [0, 0.1) is 0 Å². The highest BCUT2D eigenvalue weighted by atomic mass is 28.4. The molecule has 3 nitrogen and oxygen atoms in total. The van der Waals surface area contributed by atoms with Gasteiger partial charge in [0.2, 0.25) is 0 Å². The van der Waals surface area contributed by atoms with Crippen LogP contribution in [0.15, 0.2) is 55.1 Å². The Hall–Kier alpha value is -1.51. The van der Waals surface area contributed by atoms with Gasteiger partial charge in [-0.2, -0.15) is 0 Å². The maximum absolute atomic E-state index is 6.34. The number of hydrogen-bond acceptors (Lipinski definition) is 3. The molecule has 2 rings (SSSR count). The standard InChI is InChI=1S/C25H38O3Si2/c1-18(2)26-30(27-19(3)4,28-20(5)6)25-16-12-23(13-17-25)21(7)22-10-14-24(15-11-22)29(8)9/h10-20,29H,7H2,1-6,8-9H3. The van der Waals surface area contributed by atoms with Crippen LogP contribution in [0.25, 0.3) is 5.57 Å². The van der Waals surface area contributed by atoms with Crippen molar-refractivity contribution in [3.63, 3.8) is 0 Å². The molecule has 30 heavy (non-hydrogen) atoms. The minimum Gasteiger partial charge on any atom is -0.367 e. The molecule has 2 aromatic carbocycles. The topological polar surface area (TPSA) is 27.7 Å². The summed E-state index contributed by atoms with van der Waals surface area (Å²) >= 11 is 0. The van der Waals surface area contributed by atoms with Crippen LogP contribution >= 0.6 is 0 Å². The van der Waals surface area contributed by atoms with Gasteiger partial charge in [0.15, 0.2) is 0 Å². The molecule has 0 saturated carbocycles. The molecule has 5 heteroatoms. The second-order valence-corrected chi connectivity index (χ2v) is 14.3. The summed E-state index contributed by atoms with van der Waals surface area (Å²) in [4.78, 5) is 0. The predicted octanol–water partition coefficient (Wildman–Crippen LogP) is 4.86. The lowest BCUT2D eigenvalue weighted by Crippen LogP contribution is -2.60. The fraction of sp³-hybridized carbons (Fsp3) is 0.440. The van der Waals surface area contributed by atoms with Gasteiger partial charge in [-0.15, -0.1) is 0 Å². The summed E-state index contributed by atoms with van der Waals surface area (Å²) < 4.78 is 19.0. The Balaban J connectivity index is 2.36. The van der Waals surface area contributed by atoms with Gasteiger partial charge in [-0.1, -0.05) is 73.4 Å². The summed E-state index contributed by atoms with van der Waals surface area (Å²) in [6, 6.07) is 17.2. The van der Waals surface area contributed by atoms with Crippen LogP contribution < -0.4 is 10.4 Å². The maximum Gasteiger partial charge on any atom is 0.537 e. The van der Waals surface area contributed by atoms with Crippen molar-refractivity contribution in [2.75, 3.05) is 0 Å². The van der Waals surface area contributed by atoms with Crippen molar-refractivity contribution < 1.29 is 13.3 Å². The lowest BCUT2D eigenvalue weighted by atomic mass is 10.00. The van der Waals surface area contributed by atoms with Gasteiger partial charge in [-0.25, -0.2) is 0 Å². The molecule has 0 bridgehead atoms. The average Bonchev–Trinajstić information content (AvgIpc) is 2.66. The molecule has 0 aliphatic rings. The van der Waals surface area contributed by atoms with E-state index in [9.17, 15) is 0 Å². The third-order valence-corrected chi connectivity index (χ3v) is 9.79. The van der Waals surface area contributed by atoms with Crippen molar-refractivity contribution in [1.82, 2.24) is 0 Å². The van der Waals surface area contributed by atoms with E-state index in [1.807, 2.05) is 41.5 Å². The van der Waals surface area contributed by atoms with E-state index in [4.69, 9.17) is 13.3 Å². The van der Waals surface area contributed by atoms with Gasteiger partial charge in [-0.3, -0.25) is 0 Å². The molecule has 0 amide bonds. The van der Waals surface area contributed by atoms with Crippen LogP contribution in [0.5, 0.6) is 0 Å². The molecule has 2 aromatic rings. The van der Waals surface area contributed by atoms with Crippen LogP contribution in [0.2, 0.25) is 13.1 Å². The second-order valence-electron chi connectivity index (χ2n) is 8.89. The third-order valence-electron chi connectivity index (χ3n) is 4.69. The lowest BCUT2D eigenvalue weighted by molar-refractivity contribution is 0.0153. The molecule has 0 heterocycles. The van der Waals surface area contributed by atoms with Gasteiger partial charge >= 0.3 is 8.80 Å². The minimum absolute atomic E-state index is 0.00632. The average molecular weight is 443 g/mol. The first-order chi connectivity index (χ1) is 14.0. The molecule has 0 N–H and O–H groups in total.